The third kappa shape index (κ3) is 6.89. The Labute approximate surface area is 141 Å². The Balaban J connectivity index is 2.62. The molecule has 1 amide bonds. The van der Waals surface area contributed by atoms with E-state index in [9.17, 15) is 9.59 Å². The molecule has 0 radical (unpaired) electrons. The molecule has 0 spiro atoms. The smallest absolute Gasteiger partial charge is 0.310 e. The number of rotatable bonds is 7. The van der Waals surface area contributed by atoms with Gasteiger partial charge >= 0.3 is 5.97 Å². The number of hydrogen-bond acceptors (Lipinski definition) is 7. The van der Waals surface area contributed by atoms with Crippen LogP contribution in [0.25, 0.3) is 0 Å². The maximum Gasteiger partial charge on any atom is 0.310 e. The van der Waals surface area contributed by atoms with Gasteiger partial charge in [-0.2, -0.15) is 22.3 Å². The number of methoxy groups -OCH3 is 1. The van der Waals surface area contributed by atoms with Crippen LogP contribution in [0.4, 0.5) is 0 Å². The second-order valence-corrected chi connectivity index (χ2v) is 6.38. The zero-order valence-electron chi connectivity index (χ0n) is 13.4. The van der Waals surface area contributed by atoms with Gasteiger partial charge in [0.25, 0.3) is 0 Å². The summed E-state index contributed by atoms with van der Waals surface area (Å²) in [6, 6.07) is 4.04. The van der Waals surface area contributed by atoms with Gasteiger partial charge in [0, 0.05) is 37.7 Å². The van der Waals surface area contributed by atoms with Crippen molar-refractivity contribution in [2.24, 2.45) is 5.92 Å². The van der Waals surface area contributed by atoms with Crippen molar-refractivity contribution in [3.8, 4) is 12.1 Å². The van der Waals surface area contributed by atoms with Gasteiger partial charge in [-0.25, -0.2) is 0 Å². The molecule has 0 N–H and O–H groups in total. The van der Waals surface area contributed by atoms with Gasteiger partial charge in [0.1, 0.15) is 0 Å². The lowest BCUT2D eigenvalue weighted by Gasteiger charge is -2.26. The summed E-state index contributed by atoms with van der Waals surface area (Å²) in [6.45, 7) is 2.09. The van der Waals surface area contributed by atoms with Crippen molar-refractivity contribution in [1.29, 1.82) is 10.5 Å². The summed E-state index contributed by atoms with van der Waals surface area (Å²) in [5.41, 5.74) is 0. The number of carbonyl (C=O) groups excluding carboxylic acids is 2. The number of hydrogen-bond donors (Lipinski definition) is 0. The predicted octanol–water partition coefficient (Wildman–Crippen LogP) is 0.480. The summed E-state index contributed by atoms with van der Waals surface area (Å²) in [6.07, 6.45) is 0.496. The fraction of sp³-hybridized carbons (Fsp3) is 0.733. The van der Waals surface area contributed by atoms with Crippen LogP contribution in [0.5, 0.6) is 0 Å². The summed E-state index contributed by atoms with van der Waals surface area (Å²) in [7, 11) is 1.37. The summed E-state index contributed by atoms with van der Waals surface area (Å²) in [5.74, 6) is 0.974. The van der Waals surface area contributed by atoms with Crippen LogP contribution >= 0.6 is 11.8 Å². The van der Waals surface area contributed by atoms with E-state index >= 15 is 0 Å². The lowest BCUT2D eigenvalue weighted by Crippen LogP contribution is -2.43. The Morgan fingerprint density at radius 2 is 1.96 bits per heavy atom. The third-order valence-corrected chi connectivity index (χ3v) is 4.69. The Morgan fingerprint density at radius 3 is 2.52 bits per heavy atom. The lowest BCUT2D eigenvalue weighted by atomic mass is 10.1. The van der Waals surface area contributed by atoms with E-state index in [4.69, 9.17) is 15.3 Å². The molecule has 0 unspecified atom stereocenters. The molecular weight excluding hydrogens is 316 g/mol. The van der Waals surface area contributed by atoms with E-state index in [0.717, 1.165) is 12.3 Å². The minimum atomic E-state index is -0.248. The first kappa shape index (κ1) is 19.3. The quantitative estimate of drug-likeness (QED) is 0.623. The van der Waals surface area contributed by atoms with Crippen LogP contribution in [-0.2, 0) is 14.3 Å². The second kappa shape index (κ2) is 10.9. The van der Waals surface area contributed by atoms with Gasteiger partial charge in [-0.1, -0.05) is 0 Å². The van der Waals surface area contributed by atoms with Gasteiger partial charge in [-0.15, -0.1) is 0 Å². The molecule has 1 rings (SSSR count). The maximum absolute atomic E-state index is 12.4. The molecule has 0 bridgehead atoms. The van der Waals surface area contributed by atoms with E-state index in [0.29, 0.717) is 25.4 Å². The van der Waals surface area contributed by atoms with Crippen molar-refractivity contribution >= 4 is 23.6 Å². The highest BCUT2D eigenvalue weighted by molar-refractivity contribution is 7.99. The van der Waals surface area contributed by atoms with Gasteiger partial charge in [-0.3, -0.25) is 14.5 Å². The minimum absolute atomic E-state index is 0.106. The maximum atomic E-state index is 12.4. The fourth-order valence-corrected chi connectivity index (χ4v) is 3.43. The van der Waals surface area contributed by atoms with Gasteiger partial charge < -0.3 is 9.64 Å². The molecule has 0 aliphatic carbocycles. The number of esters is 1. The number of carbonyl (C=O) groups is 2. The molecule has 1 fully saturated rings. The molecule has 0 aromatic carbocycles. The minimum Gasteiger partial charge on any atom is -0.469 e. The van der Waals surface area contributed by atoms with E-state index in [1.165, 1.54) is 7.11 Å². The number of amides is 1. The number of thioether (sulfide) groups is 1. The van der Waals surface area contributed by atoms with E-state index < -0.39 is 0 Å². The van der Waals surface area contributed by atoms with Crippen LogP contribution in [0.2, 0.25) is 0 Å². The molecule has 0 aromatic rings. The first-order valence-corrected chi connectivity index (χ1v) is 8.67. The lowest BCUT2D eigenvalue weighted by molar-refractivity contribution is -0.145. The molecule has 0 saturated carbocycles. The molecule has 1 atom stereocenters. The SMILES string of the molecule is COC(=O)[C@H]1CSCCN(CC(=O)N(CCC#N)CCC#N)C1. The Hall–Kier alpha value is -1.77. The Kier molecular flexibility index (Phi) is 9.11. The number of nitrogens with zero attached hydrogens (tertiary/aromatic N) is 4. The summed E-state index contributed by atoms with van der Waals surface area (Å²) in [4.78, 5) is 27.7. The summed E-state index contributed by atoms with van der Waals surface area (Å²) < 4.78 is 4.81. The highest BCUT2D eigenvalue weighted by Gasteiger charge is 2.27. The summed E-state index contributed by atoms with van der Waals surface area (Å²) in [5, 5.41) is 17.4. The average Bonchev–Trinajstić information content (AvgIpc) is 2.79. The van der Waals surface area contributed by atoms with Crippen molar-refractivity contribution in [2.75, 3.05) is 51.3 Å². The van der Waals surface area contributed by atoms with Gasteiger partial charge in [0.2, 0.25) is 5.91 Å². The van der Waals surface area contributed by atoms with Gasteiger partial charge in [0.15, 0.2) is 0 Å². The molecule has 1 heterocycles. The Bertz CT molecular complexity index is 468. The standard InChI is InChI=1S/C15H22N4O3S/c1-22-15(21)13-10-18(8-9-23-12-13)11-14(20)19(6-2-4-16)7-3-5-17/h13H,2-3,6-12H2,1H3/t13-/m1/s1. The van der Waals surface area contributed by atoms with Crippen LogP contribution in [0.15, 0.2) is 0 Å². The van der Waals surface area contributed by atoms with E-state index in [2.05, 4.69) is 0 Å². The topological polar surface area (TPSA) is 97.4 Å². The molecule has 126 valence electrons. The largest absolute Gasteiger partial charge is 0.469 e. The van der Waals surface area contributed by atoms with Crippen LogP contribution in [0.1, 0.15) is 12.8 Å². The summed E-state index contributed by atoms with van der Waals surface area (Å²) >= 11 is 1.68. The third-order valence-electron chi connectivity index (χ3n) is 3.58. The fourth-order valence-electron chi connectivity index (χ4n) is 2.35. The van der Waals surface area contributed by atoms with Crippen LogP contribution in [-0.4, -0.2) is 73.0 Å². The average molecular weight is 338 g/mol. The molecule has 8 heteroatoms. The Morgan fingerprint density at radius 1 is 1.30 bits per heavy atom. The van der Waals surface area contributed by atoms with Crippen molar-refractivity contribution in [1.82, 2.24) is 9.80 Å². The van der Waals surface area contributed by atoms with Crippen LogP contribution < -0.4 is 0 Å². The first-order valence-electron chi connectivity index (χ1n) is 7.52. The molecule has 23 heavy (non-hydrogen) atoms. The van der Waals surface area contributed by atoms with E-state index in [1.54, 1.807) is 16.7 Å². The second-order valence-electron chi connectivity index (χ2n) is 5.23. The predicted molar refractivity (Wildman–Crippen MR) is 86.3 cm³/mol. The van der Waals surface area contributed by atoms with Gasteiger partial charge in [-0.05, 0) is 0 Å². The van der Waals surface area contributed by atoms with Crippen molar-refractivity contribution in [3.05, 3.63) is 0 Å². The normalized spacial score (nSPS) is 18.3. The zero-order chi connectivity index (χ0) is 17.1. The molecular formula is C15H22N4O3S. The van der Waals surface area contributed by atoms with E-state index in [1.807, 2.05) is 17.0 Å². The molecule has 1 aliphatic rings. The highest BCUT2D eigenvalue weighted by atomic mass is 32.2. The molecule has 0 aromatic heterocycles. The van der Waals surface area contributed by atoms with E-state index in [-0.39, 0.29) is 37.2 Å². The van der Waals surface area contributed by atoms with Crippen molar-refractivity contribution < 1.29 is 14.3 Å². The number of nitriles is 2. The number of ether oxygens (including phenoxy) is 1. The zero-order valence-corrected chi connectivity index (χ0v) is 14.2. The van der Waals surface area contributed by atoms with Gasteiger partial charge in [0.05, 0.1) is 44.6 Å². The van der Waals surface area contributed by atoms with Crippen LogP contribution in [0, 0.1) is 28.6 Å². The van der Waals surface area contributed by atoms with Crippen molar-refractivity contribution in [2.45, 2.75) is 12.8 Å². The molecule has 1 saturated heterocycles. The monoisotopic (exact) mass is 338 g/mol. The highest BCUT2D eigenvalue weighted by Crippen LogP contribution is 2.17. The van der Waals surface area contributed by atoms with Crippen LogP contribution in [0.3, 0.4) is 0 Å². The first-order chi connectivity index (χ1) is 11.1. The van der Waals surface area contributed by atoms with Crippen molar-refractivity contribution in [3.63, 3.8) is 0 Å². The molecule has 1 aliphatic heterocycles. The molecule has 7 nitrogen and oxygen atoms in total.